The summed E-state index contributed by atoms with van der Waals surface area (Å²) in [5.74, 6) is -0.532. The third kappa shape index (κ3) is 3.67. The fourth-order valence-corrected chi connectivity index (χ4v) is 2.00. The van der Waals surface area contributed by atoms with Crippen LogP contribution in [0.5, 0.6) is 0 Å². The van der Waals surface area contributed by atoms with E-state index in [0.717, 1.165) is 11.6 Å². The molecular formula is C15H12ClN3O3. The summed E-state index contributed by atoms with van der Waals surface area (Å²) < 4.78 is 0. The van der Waals surface area contributed by atoms with Crippen molar-refractivity contribution in [1.82, 2.24) is 5.43 Å². The Morgan fingerprint density at radius 2 is 1.91 bits per heavy atom. The fraction of sp³-hybridized carbons (Fsp3) is 0.0667. The third-order valence-corrected chi connectivity index (χ3v) is 3.24. The topological polar surface area (TPSA) is 84.6 Å². The number of amides is 1. The van der Waals surface area contributed by atoms with Crippen molar-refractivity contribution < 1.29 is 9.72 Å². The molecule has 0 aliphatic rings. The van der Waals surface area contributed by atoms with Gasteiger partial charge < -0.3 is 0 Å². The molecule has 0 saturated heterocycles. The number of nitrogens with one attached hydrogen (secondary N) is 1. The minimum Gasteiger partial charge on any atom is -0.267 e. The number of nitro groups is 1. The van der Waals surface area contributed by atoms with Crippen LogP contribution in [0.4, 0.5) is 5.69 Å². The van der Waals surface area contributed by atoms with Crippen LogP contribution in [0.2, 0.25) is 5.02 Å². The number of non-ortho nitro benzene ring substituents is 1. The molecule has 2 rings (SSSR count). The second-order valence-corrected chi connectivity index (χ2v) is 4.83. The molecule has 6 nitrogen and oxygen atoms in total. The molecule has 1 amide bonds. The van der Waals surface area contributed by atoms with Crippen LogP contribution in [0.3, 0.4) is 0 Å². The Hall–Kier alpha value is -2.73. The van der Waals surface area contributed by atoms with Crippen LogP contribution in [0.25, 0.3) is 0 Å². The summed E-state index contributed by atoms with van der Waals surface area (Å²) in [5, 5.41) is 14.6. The summed E-state index contributed by atoms with van der Waals surface area (Å²) in [6, 6.07) is 13.0. The lowest BCUT2D eigenvalue weighted by molar-refractivity contribution is -0.384. The van der Waals surface area contributed by atoms with Crippen molar-refractivity contribution in [1.29, 1.82) is 0 Å². The fourth-order valence-electron chi connectivity index (χ4n) is 1.74. The van der Waals surface area contributed by atoms with E-state index in [2.05, 4.69) is 10.5 Å². The van der Waals surface area contributed by atoms with Crippen molar-refractivity contribution in [3.63, 3.8) is 0 Å². The standard InChI is InChI=1S/C15H12ClN3O3/c1-10(11-5-3-2-4-6-11)17-18-15(20)13-8-7-12(19(21)22)9-14(13)16/h2-9H,1H3,(H,18,20). The van der Waals surface area contributed by atoms with E-state index in [9.17, 15) is 14.9 Å². The number of halogens is 1. The van der Waals surface area contributed by atoms with Gasteiger partial charge in [-0.2, -0.15) is 5.10 Å². The molecule has 0 fully saturated rings. The van der Waals surface area contributed by atoms with Crippen LogP contribution in [0, 0.1) is 10.1 Å². The number of carbonyl (C=O) groups is 1. The molecule has 0 saturated carbocycles. The van der Waals surface area contributed by atoms with Crippen molar-refractivity contribution in [2.45, 2.75) is 6.92 Å². The van der Waals surface area contributed by atoms with Gasteiger partial charge in [-0.1, -0.05) is 41.9 Å². The smallest absolute Gasteiger partial charge is 0.267 e. The molecule has 0 radical (unpaired) electrons. The van der Waals surface area contributed by atoms with Crippen molar-refractivity contribution in [3.05, 3.63) is 74.8 Å². The van der Waals surface area contributed by atoms with Crippen LogP contribution in [-0.4, -0.2) is 16.5 Å². The summed E-state index contributed by atoms with van der Waals surface area (Å²) in [6.45, 7) is 1.76. The first-order valence-electron chi connectivity index (χ1n) is 6.33. The Labute approximate surface area is 131 Å². The molecule has 0 bridgehead atoms. The highest BCUT2D eigenvalue weighted by atomic mass is 35.5. The first-order valence-corrected chi connectivity index (χ1v) is 6.71. The molecule has 0 spiro atoms. The Morgan fingerprint density at radius 1 is 1.23 bits per heavy atom. The number of hydrazone groups is 1. The number of carbonyl (C=O) groups excluding carboxylic acids is 1. The van der Waals surface area contributed by atoms with Gasteiger partial charge in [-0.3, -0.25) is 14.9 Å². The van der Waals surface area contributed by atoms with Gasteiger partial charge >= 0.3 is 0 Å². The van der Waals surface area contributed by atoms with E-state index >= 15 is 0 Å². The Kier molecular flexibility index (Phi) is 4.85. The molecule has 0 aliphatic heterocycles. The summed E-state index contributed by atoms with van der Waals surface area (Å²) in [7, 11) is 0. The molecule has 0 heterocycles. The zero-order chi connectivity index (χ0) is 16.1. The summed E-state index contributed by atoms with van der Waals surface area (Å²) >= 11 is 5.89. The van der Waals surface area contributed by atoms with E-state index in [4.69, 9.17) is 11.6 Å². The van der Waals surface area contributed by atoms with Crippen LogP contribution < -0.4 is 5.43 Å². The molecule has 0 unspecified atom stereocenters. The average molecular weight is 318 g/mol. The Balaban J connectivity index is 2.14. The lowest BCUT2D eigenvalue weighted by Crippen LogP contribution is -2.19. The first-order chi connectivity index (χ1) is 10.5. The van der Waals surface area contributed by atoms with Crippen LogP contribution in [0.15, 0.2) is 53.6 Å². The third-order valence-electron chi connectivity index (χ3n) is 2.92. The van der Waals surface area contributed by atoms with E-state index in [1.54, 1.807) is 6.92 Å². The van der Waals surface area contributed by atoms with Crippen LogP contribution >= 0.6 is 11.6 Å². The van der Waals surface area contributed by atoms with E-state index in [-0.39, 0.29) is 16.3 Å². The number of nitrogens with zero attached hydrogens (tertiary/aromatic N) is 2. The monoisotopic (exact) mass is 317 g/mol. The van der Waals surface area contributed by atoms with Gasteiger partial charge in [0.2, 0.25) is 0 Å². The molecule has 0 aromatic heterocycles. The van der Waals surface area contributed by atoms with Gasteiger partial charge in [-0.15, -0.1) is 0 Å². The van der Waals surface area contributed by atoms with Gasteiger partial charge in [0.1, 0.15) is 0 Å². The molecule has 2 aromatic rings. The van der Waals surface area contributed by atoms with Gasteiger partial charge in [-0.05, 0) is 18.6 Å². The summed E-state index contributed by atoms with van der Waals surface area (Å²) in [4.78, 5) is 22.1. The molecule has 112 valence electrons. The van der Waals surface area contributed by atoms with Crippen LogP contribution in [0.1, 0.15) is 22.8 Å². The number of nitro benzene ring substituents is 1. The maximum atomic E-state index is 12.0. The first kappa shape index (κ1) is 15.7. The second-order valence-electron chi connectivity index (χ2n) is 4.43. The van der Waals surface area contributed by atoms with Crippen molar-refractivity contribution in [2.75, 3.05) is 0 Å². The van der Waals surface area contributed by atoms with Crippen molar-refractivity contribution in [3.8, 4) is 0 Å². The van der Waals surface area contributed by atoms with Crippen LogP contribution in [-0.2, 0) is 0 Å². The highest BCUT2D eigenvalue weighted by molar-refractivity contribution is 6.34. The van der Waals surface area contributed by atoms with Crippen molar-refractivity contribution in [2.24, 2.45) is 5.10 Å². The normalized spacial score (nSPS) is 11.1. The highest BCUT2D eigenvalue weighted by Gasteiger charge is 2.14. The van der Waals surface area contributed by atoms with Gasteiger partial charge in [0.25, 0.3) is 11.6 Å². The number of benzene rings is 2. The minimum absolute atomic E-state index is 0.000681. The molecule has 0 aliphatic carbocycles. The summed E-state index contributed by atoms with van der Waals surface area (Å²) in [5.41, 5.74) is 3.83. The largest absolute Gasteiger partial charge is 0.272 e. The quantitative estimate of drug-likeness (QED) is 0.533. The van der Waals surface area contributed by atoms with Gasteiger partial charge in [0.15, 0.2) is 0 Å². The summed E-state index contributed by atoms with van der Waals surface area (Å²) in [6.07, 6.45) is 0. The van der Waals surface area contributed by atoms with Gasteiger partial charge in [0.05, 0.1) is 21.2 Å². The number of hydrogen-bond donors (Lipinski definition) is 1. The molecular weight excluding hydrogens is 306 g/mol. The molecule has 7 heteroatoms. The van der Waals surface area contributed by atoms with Crippen molar-refractivity contribution >= 4 is 28.9 Å². The van der Waals surface area contributed by atoms with E-state index in [1.807, 2.05) is 30.3 Å². The predicted octanol–water partition coefficient (Wildman–Crippen LogP) is 3.40. The zero-order valence-corrected chi connectivity index (χ0v) is 12.4. The van der Waals surface area contributed by atoms with E-state index in [0.29, 0.717) is 5.71 Å². The van der Waals surface area contributed by atoms with E-state index < -0.39 is 10.8 Å². The SMILES string of the molecule is CC(=NNC(=O)c1ccc([N+](=O)[O-])cc1Cl)c1ccccc1. The zero-order valence-electron chi connectivity index (χ0n) is 11.6. The average Bonchev–Trinajstić information content (AvgIpc) is 2.52. The highest BCUT2D eigenvalue weighted by Crippen LogP contribution is 2.22. The molecule has 0 atom stereocenters. The van der Waals surface area contributed by atoms with Gasteiger partial charge in [-0.25, -0.2) is 5.43 Å². The second kappa shape index (κ2) is 6.82. The Bertz CT molecular complexity index is 745. The number of hydrogen-bond acceptors (Lipinski definition) is 4. The maximum absolute atomic E-state index is 12.0. The predicted molar refractivity (Wildman–Crippen MR) is 84.2 cm³/mol. The number of rotatable bonds is 4. The van der Waals surface area contributed by atoms with Gasteiger partial charge in [0, 0.05) is 12.1 Å². The molecule has 22 heavy (non-hydrogen) atoms. The minimum atomic E-state index is -0.578. The Morgan fingerprint density at radius 3 is 2.50 bits per heavy atom. The maximum Gasteiger partial charge on any atom is 0.272 e. The molecule has 2 aromatic carbocycles. The lowest BCUT2D eigenvalue weighted by Gasteiger charge is -2.04. The molecule has 1 N–H and O–H groups in total. The lowest BCUT2D eigenvalue weighted by atomic mass is 10.1. The van der Waals surface area contributed by atoms with E-state index in [1.165, 1.54) is 12.1 Å².